The molecule has 4 nitrogen and oxygen atoms in total. The lowest BCUT2D eigenvalue weighted by Crippen LogP contribution is -2.24. The minimum Gasteiger partial charge on any atom is -0.478 e. The standard InChI is InChI=1S/C13H13NO3/c1-2-3-12(15)14-7-10-5-4-9(13(16)17)6-11(10)8-14/h2,4-6H,1,3,7-8H2,(H,16,17). The van der Waals surface area contributed by atoms with Gasteiger partial charge in [-0.05, 0) is 23.3 Å². The van der Waals surface area contributed by atoms with Crippen molar-refractivity contribution in [1.29, 1.82) is 0 Å². The van der Waals surface area contributed by atoms with Gasteiger partial charge in [-0.25, -0.2) is 4.79 Å². The van der Waals surface area contributed by atoms with E-state index in [1.165, 1.54) is 0 Å². The van der Waals surface area contributed by atoms with E-state index in [1.807, 2.05) is 0 Å². The lowest BCUT2D eigenvalue weighted by Gasteiger charge is -2.13. The van der Waals surface area contributed by atoms with Crippen LogP contribution < -0.4 is 0 Å². The van der Waals surface area contributed by atoms with E-state index in [-0.39, 0.29) is 11.5 Å². The fraction of sp³-hybridized carbons (Fsp3) is 0.231. The van der Waals surface area contributed by atoms with Crippen LogP contribution in [0.3, 0.4) is 0 Å². The van der Waals surface area contributed by atoms with Crippen molar-refractivity contribution in [3.05, 3.63) is 47.5 Å². The Labute approximate surface area is 99.2 Å². The molecular weight excluding hydrogens is 218 g/mol. The molecule has 1 heterocycles. The van der Waals surface area contributed by atoms with Crippen LogP contribution in [0.1, 0.15) is 27.9 Å². The van der Waals surface area contributed by atoms with Crippen LogP contribution in [0.2, 0.25) is 0 Å². The minimum absolute atomic E-state index is 0.0214. The molecule has 0 saturated carbocycles. The number of fused-ring (bicyclic) bond motifs is 1. The summed E-state index contributed by atoms with van der Waals surface area (Å²) >= 11 is 0. The van der Waals surface area contributed by atoms with Crippen molar-refractivity contribution >= 4 is 11.9 Å². The van der Waals surface area contributed by atoms with Crippen LogP contribution in [0.5, 0.6) is 0 Å². The SMILES string of the molecule is C=CCC(=O)N1Cc2ccc(C(=O)O)cc2C1. The highest BCUT2D eigenvalue weighted by atomic mass is 16.4. The third kappa shape index (κ3) is 2.20. The molecule has 4 heteroatoms. The van der Waals surface area contributed by atoms with Gasteiger partial charge in [0.05, 0.1) is 5.56 Å². The molecule has 1 aromatic carbocycles. The van der Waals surface area contributed by atoms with E-state index in [0.29, 0.717) is 19.5 Å². The second-order valence-corrected chi connectivity index (χ2v) is 4.03. The van der Waals surface area contributed by atoms with Crippen molar-refractivity contribution in [2.24, 2.45) is 0 Å². The Balaban J connectivity index is 2.19. The number of amides is 1. The van der Waals surface area contributed by atoms with Crippen LogP contribution in [-0.2, 0) is 17.9 Å². The Morgan fingerprint density at radius 2 is 2.06 bits per heavy atom. The first-order valence-corrected chi connectivity index (χ1v) is 5.35. The first-order chi connectivity index (χ1) is 8.11. The zero-order chi connectivity index (χ0) is 12.4. The molecule has 1 N–H and O–H groups in total. The third-order valence-electron chi connectivity index (χ3n) is 2.85. The fourth-order valence-corrected chi connectivity index (χ4v) is 1.96. The normalized spacial score (nSPS) is 13.3. The van der Waals surface area contributed by atoms with Crippen LogP contribution >= 0.6 is 0 Å². The van der Waals surface area contributed by atoms with Gasteiger partial charge in [0.25, 0.3) is 0 Å². The van der Waals surface area contributed by atoms with Gasteiger partial charge >= 0.3 is 5.97 Å². The van der Waals surface area contributed by atoms with E-state index in [4.69, 9.17) is 5.11 Å². The smallest absolute Gasteiger partial charge is 0.335 e. The topological polar surface area (TPSA) is 57.6 Å². The zero-order valence-corrected chi connectivity index (χ0v) is 9.35. The number of hydrogen-bond acceptors (Lipinski definition) is 2. The van der Waals surface area contributed by atoms with Gasteiger partial charge in [-0.2, -0.15) is 0 Å². The summed E-state index contributed by atoms with van der Waals surface area (Å²) in [5, 5.41) is 8.88. The van der Waals surface area contributed by atoms with Crippen molar-refractivity contribution in [2.75, 3.05) is 0 Å². The number of carboxylic acid groups (broad SMARTS) is 1. The molecule has 0 bridgehead atoms. The molecule has 0 spiro atoms. The molecule has 0 unspecified atom stereocenters. The van der Waals surface area contributed by atoms with Crippen molar-refractivity contribution in [3.8, 4) is 0 Å². The monoisotopic (exact) mass is 231 g/mol. The molecule has 1 amide bonds. The first kappa shape index (κ1) is 11.4. The number of hydrogen-bond donors (Lipinski definition) is 1. The minimum atomic E-state index is -0.941. The third-order valence-corrected chi connectivity index (χ3v) is 2.85. The fourth-order valence-electron chi connectivity index (χ4n) is 1.96. The van der Waals surface area contributed by atoms with Gasteiger partial charge in [0.1, 0.15) is 0 Å². The number of benzene rings is 1. The van der Waals surface area contributed by atoms with Gasteiger partial charge in [0.2, 0.25) is 5.91 Å². The van der Waals surface area contributed by atoms with Crippen molar-refractivity contribution in [2.45, 2.75) is 19.5 Å². The Kier molecular flexibility index (Phi) is 2.95. The highest BCUT2D eigenvalue weighted by Gasteiger charge is 2.23. The lowest BCUT2D eigenvalue weighted by molar-refractivity contribution is -0.130. The molecule has 17 heavy (non-hydrogen) atoms. The van der Waals surface area contributed by atoms with Crippen molar-refractivity contribution < 1.29 is 14.7 Å². The number of rotatable bonds is 3. The Bertz CT molecular complexity index is 493. The maximum absolute atomic E-state index is 11.7. The summed E-state index contributed by atoms with van der Waals surface area (Å²) in [7, 11) is 0. The van der Waals surface area contributed by atoms with Gasteiger partial charge < -0.3 is 10.0 Å². The van der Waals surface area contributed by atoms with E-state index in [0.717, 1.165) is 11.1 Å². The van der Waals surface area contributed by atoms with Crippen LogP contribution in [0, 0.1) is 0 Å². The van der Waals surface area contributed by atoms with Crippen molar-refractivity contribution in [1.82, 2.24) is 4.90 Å². The molecular formula is C13H13NO3. The molecule has 0 aliphatic carbocycles. The van der Waals surface area contributed by atoms with Crippen LogP contribution in [0.15, 0.2) is 30.9 Å². The largest absolute Gasteiger partial charge is 0.478 e. The Hall–Kier alpha value is -2.10. The second kappa shape index (κ2) is 4.41. The van der Waals surface area contributed by atoms with E-state index in [2.05, 4.69) is 6.58 Å². The van der Waals surface area contributed by atoms with Gasteiger partial charge in [0, 0.05) is 19.5 Å². The maximum atomic E-state index is 11.7. The molecule has 2 rings (SSSR count). The summed E-state index contributed by atoms with van der Waals surface area (Å²) in [5.74, 6) is -0.920. The van der Waals surface area contributed by atoms with Gasteiger partial charge in [-0.1, -0.05) is 12.1 Å². The molecule has 0 saturated heterocycles. The second-order valence-electron chi connectivity index (χ2n) is 4.03. The number of aromatic carboxylic acids is 1. The molecule has 88 valence electrons. The maximum Gasteiger partial charge on any atom is 0.335 e. The highest BCUT2D eigenvalue weighted by Crippen LogP contribution is 2.24. The van der Waals surface area contributed by atoms with Gasteiger partial charge in [-0.15, -0.1) is 6.58 Å². The molecule has 1 aromatic rings. The number of carboxylic acids is 1. The predicted molar refractivity (Wildman–Crippen MR) is 62.5 cm³/mol. The number of nitrogens with zero attached hydrogens (tertiary/aromatic N) is 1. The highest BCUT2D eigenvalue weighted by molar-refractivity contribution is 5.88. The van der Waals surface area contributed by atoms with Crippen molar-refractivity contribution in [3.63, 3.8) is 0 Å². The summed E-state index contributed by atoms with van der Waals surface area (Å²) in [6.45, 7) is 4.58. The summed E-state index contributed by atoms with van der Waals surface area (Å²) < 4.78 is 0. The average Bonchev–Trinajstić information content (AvgIpc) is 2.71. The molecule has 0 aromatic heterocycles. The molecule has 0 atom stereocenters. The average molecular weight is 231 g/mol. The lowest BCUT2D eigenvalue weighted by atomic mass is 10.1. The summed E-state index contributed by atoms with van der Waals surface area (Å²) in [6, 6.07) is 4.99. The van der Waals surface area contributed by atoms with Crippen LogP contribution in [0.4, 0.5) is 0 Å². The van der Waals surface area contributed by atoms with Gasteiger partial charge in [0.15, 0.2) is 0 Å². The van der Waals surface area contributed by atoms with Crippen LogP contribution in [0.25, 0.3) is 0 Å². The summed E-state index contributed by atoms with van der Waals surface area (Å²) in [6.07, 6.45) is 1.90. The van der Waals surface area contributed by atoms with E-state index in [1.54, 1.807) is 29.2 Å². The van der Waals surface area contributed by atoms with E-state index >= 15 is 0 Å². The Morgan fingerprint density at radius 3 is 2.71 bits per heavy atom. The first-order valence-electron chi connectivity index (χ1n) is 5.35. The zero-order valence-electron chi connectivity index (χ0n) is 9.35. The Morgan fingerprint density at radius 1 is 1.35 bits per heavy atom. The van der Waals surface area contributed by atoms with Gasteiger partial charge in [-0.3, -0.25) is 4.79 Å². The quantitative estimate of drug-likeness (QED) is 0.807. The number of carbonyl (C=O) groups is 2. The predicted octanol–water partition coefficient (Wildman–Crippen LogP) is 1.80. The molecule has 0 fully saturated rings. The van der Waals surface area contributed by atoms with E-state index < -0.39 is 5.97 Å². The molecule has 1 aliphatic heterocycles. The summed E-state index contributed by atoms with van der Waals surface area (Å²) in [5.41, 5.74) is 2.21. The molecule has 0 radical (unpaired) electrons. The van der Waals surface area contributed by atoms with Crippen LogP contribution in [-0.4, -0.2) is 21.9 Å². The summed E-state index contributed by atoms with van der Waals surface area (Å²) in [4.78, 5) is 24.2. The molecule has 1 aliphatic rings. The van der Waals surface area contributed by atoms with E-state index in [9.17, 15) is 9.59 Å². The number of carbonyl (C=O) groups excluding carboxylic acids is 1.